The molecule has 0 saturated carbocycles. The Hall–Kier alpha value is -6.04. The topological polar surface area (TPSA) is 310 Å². The van der Waals surface area contributed by atoms with E-state index in [1.54, 1.807) is 41.5 Å². The molecule has 6 N–H and O–H groups in total. The van der Waals surface area contributed by atoms with Gasteiger partial charge in [0.2, 0.25) is 59.1 Å². The van der Waals surface area contributed by atoms with Gasteiger partial charge in [0.25, 0.3) is 0 Å². The van der Waals surface area contributed by atoms with Crippen LogP contribution in [0.2, 0.25) is 0 Å². The van der Waals surface area contributed by atoms with Crippen molar-refractivity contribution in [1.82, 2.24) is 50.2 Å². The number of aliphatic hydroxyl groups is 1. The number of aliphatic hydroxyl groups excluding tert-OH is 1. The second-order valence-electron chi connectivity index (χ2n) is 27.9. The normalized spacial score (nSPS) is 26.0. The van der Waals surface area contributed by atoms with Gasteiger partial charge in [0.05, 0.1) is 12.6 Å². The van der Waals surface area contributed by atoms with Crippen molar-refractivity contribution in [3.63, 3.8) is 0 Å². The molecule has 90 heavy (non-hydrogen) atoms. The molecule has 0 aromatic heterocycles. The first kappa shape index (κ1) is 82.0. The van der Waals surface area contributed by atoms with Crippen molar-refractivity contribution < 1.29 is 62.6 Å². The molecule has 0 spiro atoms. The monoisotopic (exact) mass is 1270 g/mol. The van der Waals surface area contributed by atoms with Crippen molar-refractivity contribution in [1.29, 1.82) is 0 Å². The average Bonchev–Trinajstić information content (AvgIpc) is 1.04. The third-order valence-corrected chi connectivity index (χ3v) is 17.4. The molecule has 1 aliphatic rings. The highest BCUT2D eigenvalue weighted by Crippen LogP contribution is 2.28. The van der Waals surface area contributed by atoms with E-state index in [2.05, 4.69) is 16.0 Å². The fraction of sp³-hybridized carbons (Fsp3) is 0.818. The predicted molar refractivity (Wildman–Crippen MR) is 347 cm³/mol. The number of rotatable bonds is 20. The van der Waals surface area contributed by atoms with Gasteiger partial charge in [-0.25, -0.2) is 0 Å². The number of carbonyl (C=O) groups is 12. The van der Waals surface area contributed by atoms with Crippen molar-refractivity contribution in [2.24, 2.45) is 53.1 Å². The van der Waals surface area contributed by atoms with Crippen molar-refractivity contribution in [3.8, 4) is 0 Å². The molecule has 0 bridgehead atoms. The molecule has 10 amide bonds. The first-order valence-electron chi connectivity index (χ1n) is 32.8. The fourth-order valence-electron chi connectivity index (χ4n) is 11.7. The Bertz CT molecular complexity index is 2430. The molecular formula is C66H119N11O13. The number of amides is 10. The molecule has 24 heteroatoms. The molecule has 0 aromatic carbocycles. The van der Waals surface area contributed by atoms with Crippen LogP contribution in [0, 0.1) is 47.3 Å². The molecule has 0 radical (unpaired) electrons. The van der Waals surface area contributed by atoms with Crippen LogP contribution in [0.15, 0.2) is 0 Å². The highest BCUT2D eigenvalue weighted by Gasteiger charge is 2.46. The number of Topliss-reactive ketones (excluding diaryl/α,β-unsaturated/α-hetero) is 2. The number of hydrogen-bond donors (Lipinski definition) is 5. The van der Waals surface area contributed by atoms with Crippen molar-refractivity contribution >= 4 is 70.6 Å². The van der Waals surface area contributed by atoms with Crippen LogP contribution in [0.5, 0.6) is 0 Å². The Morgan fingerprint density at radius 2 is 0.922 bits per heavy atom. The largest absolute Gasteiger partial charge is 0.390 e. The lowest BCUT2D eigenvalue weighted by Crippen LogP contribution is -2.62. The SMILES string of the molecule is CC[C@@H]1CC(=O)[C@H]([C@H](O)[C@H](C)CCCC(=O)CCCN)N(C)C(=O)[C@H](C(C)C)N(C)C(=O)[C@H](CC(C)C)N(C)C(=O)[C@H](CC(C)C)N(C)C(=O)[C@@H](C)NC(=O)[C@H](C)NC(=O)[C@H](CC(C)C)N(C)C(=O)[C@H](C(C)C)NC(=O)[C@H](CC(C)C)N(C)C(=O)CN(C)C1=O. The highest BCUT2D eigenvalue weighted by atomic mass is 16.3. The highest BCUT2D eigenvalue weighted by molar-refractivity contribution is 5.99. The van der Waals surface area contributed by atoms with Crippen LogP contribution < -0.4 is 21.7 Å². The second-order valence-corrected chi connectivity index (χ2v) is 27.9. The molecule has 1 heterocycles. The maximum atomic E-state index is 15.3. The number of carbonyl (C=O) groups excluding carboxylic acids is 12. The first-order chi connectivity index (χ1) is 41.6. The van der Waals surface area contributed by atoms with E-state index in [0.717, 1.165) is 9.80 Å². The molecule has 1 saturated heterocycles. The van der Waals surface area contributed by atoms with E-state index in [-0.39, 0.29) is 74.4 Å². The van der Waals surface area contributed by atoms with Gasteiger partial charge in [0.15, 0.2) is 5.78 Å². The fourth-order valence-corrected chi connectivity index (χ4v) is 11.7. The molecule has 1 rings (SSSR count). The minimum Gasteiger partial charge on any atom is -0.390 e. The maximum Gasteiger partial charge on any atom is 0.246 e. The van der Waals surface area contributed by atoms with Gasteiger partial charge in [-0.2, -0.15) is 0 Å². The first-order valence-corrected chi connectivity index (χ1v) is 32.8. The lowest BCUT2D eigenvalue weighted by molar-refractivity contribution is -0.157. The summed E-state index contributed by atoms with van der Waals surface area (Å²) in [4.78, 5) is 182. The van der Waals surface area contributed by atoms with Crippen LogP contribution in [0.1, 0.15) is 181 Å². The van der Waals surface area contributed by atoms with Crippen molar-refractivity contribution in [2.75, 3.05) is 62.4 Å². The summed E-state index contributed by atoms with van der Waals surface area (Å²) < 4.78 is 0. The van der Waals surface area contributed by atoms with E-state index in [1.807, 2.05) is 55.4 Å². The molecule has 0 aromatic rings. The van der Waals surface area contributed by atoms with Crippen molar-refractivity contribution in [3.05, 3.63) is 0 Å². The Balaban J connectivity index is 4.34. The Kier molecular flexibility index (Phi) is 34.7. The number of nitrogens with two attached hydrogens (primary N) is 1. The Morgan fingerprint density at radius 1 is 0.500 bits per heavy atom. The summed E-state index contributed by atoms with van der Waals surface area (Å²) in [5.74, 6) is -10.7. The standard InChI is InChI=1S/C66H119N11O13/c1-24-46-35-52(79)56(57(81)43(14)27-25-28-47(78)29-26-30-67)77(23)66(90)55(42(12)13)76(22)64(88)51(34-40(8)9)75(21)63(87)50(33-39(6)7)74(20)61(85)45(16)69-58(82)44(15)68-59(83)49(32-38(4)5)73(19)65(89)54(41(10)11)70-60(84)48(31-37(2)3)72(18)53(80)36-71(17)62(46)86/h37-46,48-51,54-57,81H,24-36,67H2,1-23H3,(H,68,83)(H,69,82)(H,70,84)/t43-,44+,45-,46-,48+,49+,50+,51+,54+,55+,56-,57-/m1/s1. The van der Waals surface area contributed by atoms with Crippen LogP contribution in [0.3, 0.4) is 0 Å². The molecule has 24 nitrogen and oxygen atoms in total. The lowest BCUT2D eigenvalue weighted by atomic mass is 9.85. The third-order valence-electron chi connectivity index (χ3n) is 17.4. The maximum absolute atomic E-state index is 15.3. The summed E-state index contributed by atoms with van der Waals surface area (Å²) in [6.07, 6.45) is 0.337. The summed E-state index contributed by atoms with van der Waals surface area (Å²) in [6, 6.07) is -11.1. The second kappa shape index (κ2) is 38.1. The number of hydrogen-bond acceptors (Lipinski definition) is 14. The smallest absolute Gasteiger partial charge is 0.246 e. The quantitative estimate of drug-likeness (QED) is 0.116. The van der Waals surface area contributed by atoms with Gasteiger partial charge in [-0.15, -0.1) is 0 Å². The van der Waals surface area contributed by atoms with Crippen LogP contribution >= 0.6 is 0 Å². The molecule has 12 atom stereocenters. The minimum absolute atomic E-state index is 0.00589. The summed E-state index contributed by atoms with van der Waals surface area (Å²) in [6.45, 7) is 27.9. The zero-order valence-electron chi connectivity index (χ0n) is 59.1. The van der Waals surface area contributed by atoms with Crippen LogP contribution in [0.4, 0.5) is 0 Å². The number of likely N-dealkylation sites (N-methyl/N-ethyl adjacent to an activating group) is 7. The molecule has 516 valence electrons. The Labute approximate surface area is 538 Å². The van der Waals surface area contributed by atoms with Gasteiger partial charge < -0.3 is 61.1 Å². The van der Waals surface area contributed by atoms with Gasteiger partial charge in [-0.3, -0.25) is 57.5 Å². The summed E-state index contributed by atoms with van der Waals surface area (Å²) in [7, 11) is 9.94. The summed E-state index contributed by atoms with van der Waals surface area (Å²) in [5, 5.41) is 20.6. The summed E-state index contributed by atoms with van der Waals surface area (Å²) in [5.41, 5.74) is 5.63. The van der Waals surface area contributed by atoms with E-state index in [1.165, 1.54) is 87.7 Å². The number of nitrogens with zero attached hydrogens (tertiary/aromatic N) is 7. The zero-order chi connectivity index (χ0) is 69.7. The van der Waals surface area contributed by atoms with E-state index in [4.69, 9.17) is 5.73 Å². The van der Waals surface area contributed by atoms with Crippen LogP contribution in [-0.4, -0.2) is 233 Å². The van der Waals surface area contributed by atoms with E-state index < -0.39 is 162 Å². The van der Waals surface area contributed by atoms with Crippen LogP contribution in [-0.2, 0) is 57.5 Å². The van der Waals surface area contributed by atoms with Crippen LogP contribution in [0.25, 0.3) is 0 Å². The Morgan fingerprint density at radius 3 is 1.39 bits per heavy atom. The minimum atomic E-state index is -1.58. The number of ketones is 2. The van der Waals surface area contributed by atoms with Gasteiger partial charge in [-0.1, -0.05) is 96.9 Å². The van der Waals surface area contributed by atoms with Gasteiger partial charge >= 0.3 is 0 Å². The van der Waals surface area contributed by atoms with E-state index >= 15 is 19.2 Å². The third kappa shape index (κ3) is 23.9. The molecule has 1 fully saturated rings. The molecule has 0 unspecified atom stereocenters. The van der Waals surface area contributed by atoms with Crippen molar-refractivity contribution in [2.45, 2.75) is 242 Å². The molecule has 1 aliphatic heterocycles. The van der Waals surface area contributed by atoms with Gasteiger partial charge in [0.1, 0.15) is 60.2 Å². The number of nitrogens with one attached hydrogen (secondary N) is 3. The van der Waals surface area contributed by atoms with Gasteiger partial charge in [-0.05, 0) is 113 Å². The summed E-state index contributed by atoms with van der Waals surface area (Å²) >= 11 is 0. The average molecular weight is 1270 g/mol. The molecule has 0 aliphatic carbocycles. The predicted octanol–water partition coefficient (Wildman–Crippen LogP) is 3.87. The zero-order valence-corrected chi connectivity index (χ0v) is 59.1. The molecular weight excluding hydrogens is 1150 g/mol. The van der Waals surface area contributed by atoms with E-state index in [9.17, 15) is 43.5 Å². The van der Waals surface area contributed by atoms with E-state index in [0.29, 0.717) is 25.8 Å². The lowest BCUT2D eigenvalue weighted by Gasteiger charge is -2.41. The van der Waals surface area contributed by atoms with Gasteiger partial charge in [0, 0.05) is 74.5 Å².